The minimum absolute atomic E-state index is 0.728. The van der Waals surface area contributed by atoms with E-state index < -0.39 is 0 Å². The molecule has 0 bridgehead atoms. The van der Waals surface area contributed by atoms with Crippen molar-refractivity contribution in [3.8, 4) is 0 Å². The highest BCUT2D eigenvalue weighted by molar-refractivity contribution is 7.10. The van der Waals surface area contributed by atoms with E-state index in [-0.39, 0.29) is 0 Å². The van der Waals surface area contributed by atoms with Crippen LogP contribution in [0.2, 0.25) is 0 Å². The SMILES string of the molecule is CCc1ccsc1CNC1CCCCC1C1CCCN1. The Balaban J connectivity index is 1.59. The zero-order chi connectivity index (χ0) is 13.8. The molecule has 2 fully saturated rings. The van der Waals surface area contributed by atoms with Crippen molar-refractivity contribution in [3.05, 3.63) is 21.9 Å². The van der Waals surface area contributed by atoms with Gasteiger partial charge in [-0.25, -0.2) is 0 Å². The van der Waals surface area contributed by atoms with E-state index in [4.69, 9.17) is 0 Å². The summed E-state index contributed by atoms with van der Waals surface area (Å²) >= 11 is 1.92. The fourth-order valence-electron chi connectivity index (χ4n) is 4.03. The van der Waals surface area contributed by atoms with Crippen LogP contribution in [-0.2, 0) is 13.0 Å². The van der Waals surface area contributed by atoms with Crippen molar-refractivity contribution in [1.82, 2.24) is 10.6 Å². The first-order valence-corrected chi connectivity index (χ1v) is 9.28. The van der Waals surface area contributed by atoms with Crippen LogP contribution >= 0.6 is 11.3 Å². The monoisotopic (exact) mass is 292 g/mol. The Morgan fingerprint density at radius 3 is 2.95 bits per heavy atom. The number of thiophene rings is 1. The summed E-state index contributed by atoms with van der Waals surface area (Å²) in [5.41, 5.74) is 1.54. The predicted octanol–water partition coefficient (Wildman–Crippen LogP) is 3.71. The lowest BCUT2D eigenvalue weighted by Crippen LogP contribution is -2.46. The molecule has 0 radical (unpaired) electrons. The van der Waals surface area contributed by atoms with Crippen molar-refractivity contribution in [2.45, 2.75) is 70.5 Å². The third-order valence-corrected chi connectivity index (χ3v) is 6.14. The fourth-order valence-corrected chi connectivity index (χ4v) is 4.96. The van der Waals surface area contributed by atoms with Gasteiger partial charge in [0.25, 0.3) is 0 Å². The molecule has 3 unspecified atom stereocenters. The van der Waals surface area contributed by atoms with Gasteiger partial charge >= 0.3 is 0 Å². The van der Waals surface area contributed by atoms with Gasteiger partial charge in [0.05, 0.1) is 0 Å². The molecular formula is C17H28N2S. The maximum absolute atomic E-state index is 3.90. The molecule has 3 heteroatoms. The van der Waals surface area contributed by atoms with Gasteiger partial charge in [-0.15, -0.1) is 11.3 Å². The van der Waals surface area contributed by atoms with Crippen molar-refractivity contribution in [2.24, 2.45) is 5.92 Å². The standard InChI is InChI=1S/C17H28N2S/c1-2-13-9-11-20-17(13)12-19-16-7-4-3-6-14(16)15-8-5-10-18-15/h9,11,14-16,18-19H,2-8,10,12H2,1H3. The largest absolute Gasteiger partial charge is 0.314 e. The van der Waals surface area contributed by atoms with Crippen LogP contribution in [0.15, 0.2) is 11.4 Å². The molecule has 112 valence electrons. The van der Waals surface area contributed by atoms with Crippen LogP contribution in [0.1, 0.15) is 55.9 Å². The number of hydrogen-bond acceptors (Lipinski definition) is 3. The predicted molar refractivity (Wildman–Crippen MR) is 87.3 cm³/mol. The third-order valence-electron chi connectivity index (χ3n) is 5.18. The summed E-state index contributed by atoms with van der Waals surface area (Å²) in [7, 11) is 0. The summed E-state index contributed by atoms with van der Waals surface area (Å²) in [5, 5.41) is 9.87. The second-order valence-electron chi connectivity index (χ2n) is 6.36. The molecule has 2 N–H and O–H groups in total. The van der Waals surface area contributed by atoms with E-state index in [0.29, 0.717) is 0 Å². The smallest absolute Gasteiger partial charge is 0.0305 e. The van der Waals surface area contributed by atoms with Crippen molar-refractivity contribution < 1.29 is 0 Å². The van der Waals surface area contributed by atoms with Crippen LogP contribution in [0.5, 0.6) is 0 Å². The summed E-state index contributed by atoms with van der Waals surface area (Å²) in [6.07, 6.45) is 9.56. The Bertz CT molecular complexity index is 409. The Labute approximate surface area is 127 Å². The number of nitrogens with one attached hydrogen (secondary N) is 2. The lowest BCUT2D eigenvalue weighted by molar-refractivity contribution is 0.214. The molecule has 1 aromatic heterocycles. The van der Waals surface area contributed by atoms with Gasteiger partial charge in [-0.05, 0) is 61.6 Å². The average Bonchev–Trinajstić information content (AvgIpc) is 3.16. The molecule has 2 heterocycles. The van der Waals surface area contributed by atoms with Crippen LogP contribution in [0.4, 0.5) is 0 Å². The highest BCUT2D eigenvalue weighted by Crippen LogP contribution is 2.31. The van der Waals surface area contributed by atoms with E-state index in [1.165, 1.54) is 57.1 Å². The third kappa shape index (κ3) is 3.26. The molecule has 1 saturated carbocycles. The molecule has 3 atom stereocenters. The first-order valence-electron chi connectivity index (χ1n) is 8.40. The number of hydrogen-bond donors (Lipinski definition) is 2. The van der Waals surface area contributed by atoms with Gasteiger partial charge in [-0.2, -0.15) is 0 Å². The summed E-state index contributed by atoms with van der Waals surface area (Å²) < 4.78 is 0. The number of rotatable bonds is 5. The maximum Gasteiger partial charge on any atom is 0.0305 e. The molecule has 1 aliphatic carbocycles. The van der Waals surface area contributed by atoms with Gasteiger partial charge in [0.1, 0.15) is 0 Å². The minimum Gasteiger partial charge on any atom is -0.314 e. The summed E-state index contributed by atoms with van der Waals surface area (Å²) in [4.78, 5) is 1.55. The van der Waals surface area contributed by atoms with Crippen molar-refractivity contribution in [2.75, 3.05) is 6.54 Å². The molecular weight excluding hydrogens is 264 g/mol. The van der Waals surface area contributed by atoms with E-state index in [0.717, 1.165) is 24.5 Å². The van der Waals surface area contributed by atoms with Gasteiger partial charge in [-0.1, -0.05) is 19.8 Å². The highest BCUT2D eigenvalue weighted by Gasteiger charge is 2.32. The van der Waals surface area contributed by atoms with Gasteiger partial charge in [0.2, 0.25) is 0 Å². The summed E-state index contributed by atoms with van der Waals surface area (Å²) in [5.74, 6) is 0.858. The average molecular weight is 292 g/mol. The molecule has 0 spiro atoms. The van der Waals surface area contributed by atoms with Crippen LogP contribution in [-0.4, -0.2) is 18.6 Å². The van der Waals surface area contributed by atoms with Gasteiger partial charge in [0.15, 0.2) is 0 Å². The van der Waals surface area contributed by atoms with Crippen LogP contribution < -0.4 is 10.6 Å². The van der Waals surface area contributed by atoms with E-state index in [1.54, 1.807) is 4.88 Å². The first kappa shape index (κ1) is 14.6. The lowest BCUT2D eigenvalue weighted by Gasteiger charge is -2.36. The highest BCUT2D eigenvalue weighted by atomic mass is 32.1. The quantitative estimate of drug-likeness (QED) is 0.864. The van der Waals surface area contributed by atoms with Crippen molar-refractivity contribution in [3.63, 3.8) is 0 Å². The van der Waals surface area contributed by atoms with Gasteiger partial charge in [0, 0.05) is 23.5 Å². The second-order valence-corrected chi connectivity index (χ2v) is 7.36. The zero-order valence-electron chi connectivity index (χ0n) is 12.7. The lowest BCUT2D eigenvalue weighted by atomic mass is 9.79. The van der Waals surface area contributed by atoms with Gasteiger partial charge < -0.3 is 10.6 Å². The van der Waals surface area contributed by atoms with E-state index in [2.05, 4.69) is 29.0 Å². The van der Waals surface area contributed by atoms with Crippen LogP contribution in [0, 0.1) is 5.92 Å². The van der Waals surface area contributed by atoms with Crippen LogP contribution in [0.3, 0.4) is 0 Å². The van der Waals surface area contributed by atoms with Crippen LogP contribution in [0.25, 0.3) is 0 Å². The van der Waals surface area contributed by atoms with Crippen molar-refractivity contribution in [1.29, 1.82) is 0 Å². The Morgan fingerprint density at radius 1 is 1.25 bits per heavy atom. The molecule has 1 saturated heterocycles. The Hall–Kier alpha value is -0.380. The first-order chi connectivity index (χ1) is 9.88. The zero-order valence-corrected chi connectivity index (χ0v) is 13.5. The molecule has 3 rings (SSSR count). The van der Waals surface area contributed by atoms with E-state index >= 15 is 0 Å². The fraction of sp³-hybridized carbons (Fsp3) is 0.765. The van der Waals surface area contributed by atoms with Gasteiger partial charge in [-0.3, -0.25) is 0 Å². The normalized spacial score (nSPS) is 30.8. The summed E-state index contributed by atoms with van der Waals surface area (Å²) in [6.45, 7) is 4.57. The molecule has 0 amide bonds. The van der Waals surface area contributed by atoms with E-state index in [1.807, 2.05) is 11.3 Å². The minimum atomic E-state index is 0.728. The molecule has 2 aliphatic rings. The number of aryl methyl sites for hydroxylation is 1. The maximum atomic E-state index is 3.90. The molecule has 0 aromatic carbocycles. The second kappa shape index (κ2) is 7.06. The molecule has 20 heavy (non-hydrogen) atoms. The molecule has 2 nitrogen and oxygen atoms in total. The Kier molecular flexibility index (Phi) is 5.14. The molecule has 1 aliphatic heterocycles. The Morgan fingerprint density at radius 2 is 2.15 bits per heavy atom. The summed E-state index contributed by atoms with van der Waals surface area (Å²) in [6, 6.07) is 3.80. The van der Waals surface area contributed by atoms with Crippen molar-refractivity contribution >= 4 is 11.3 Å². The molecule has 1 aromatic rings. The van der Waals surface area contributed by atoms with E-state index in [9.17, 15) is 0 Å². The topological polar surface area (TPSA) is 24.1 Å².